The van der Waals surface area contributed by atoms with Crippen LogP contribution in [0, 0.1) is 11.3 Å². The summed E-state index contributed by atoms with van der Waals surface area (Å²) in [6, 6.07) is 8.39. The van der Waals surface area contributed by atoms with Crippen molar-refractivity contribution in [3.05, 3.63) is 70.8 Å². The summed E-state index contributed by atoms with van der Waals surface area (Å²) in [7, 11) is 2.05. The van der Waals surface area contributed by atoms with E-state index < -0.39 is 29.7 Å². The van der Waals surface area contributed by atoms with Crippen LogP contribution in [0.25, 0.3) is 0 Å². The molecule has 1 atom stereocenters. The van der Waals surface area contributed by atoms with E-state index in [1.807, 2.05) is 7.05 Å². The fourth-order valence-corrected chi connectivity index (χ4v) is 3.88. The highest BCUT2D eigenvalue weighted by Crippen LogP contribution is 2.30. The molecule has 1 fully saturated rings. The lowest BCUT2D eigenvalue weighted by atomic mass is 9.86. The molecule has 8 N–H and O–H groups in total. The number of halogens is 3. The second-order valence-corrected chi connectivity index (χ2v) is 8.60. The summed E-state index contributed by atoms with van der Waals surface area (Å²) >= 11 is 0. The number of hydrogen-bond acceptors (Lipinski definition) is 5. The van der Waals surface area contributed by atoms with E-state index in [1.165, 1.54) is 49.9 Å². The Labute approximate surface area is 207 Å². The van der Waals surface area contributed by atoms with Gasteiger partial charge in [-0.1, -0.05) is 24.3 Å². The SMILES string of the molecule is CNC1CCC(CN)CC1.N=C(N)c1cccc(C(=O)NC(C(=O)O)c2ccc(C(F)(F)F)cc2)c1. The van der Waals surface area contributed by atoms with Crippen LogP contribution in [0.4, 0.5) is 13.2 Å². The molecule has 1 aliphatic carbocycles. The van der Waals surface area contributed by atoms with Gasteiger partial charge in [0.1, 0.15) is 5.84 Å². The molecule has 196 valence electrons. The molecular formula is C25H32F3N5O3. The number of amides is 1. The Hall–Kier alpha value is -3.44. The summed E-state index contributed by atoms with van der Waals surface area (Å²) in [5.74, 6) is -1.65. The van der Waals surface area contributed by atoms with Gasteiger partial charge >= 0.3 is 12.1 Å². The number of amidine groups is 1. The molecular weight excluding hydrogens is 475 g/mol. The van der Waals surface area contributed by atoms with E-state index in [0.29, 0.717) is 0 Å². The van der Waals surface area contributed by atoms with Crippen LogP contribution >= 0.6 is 0 Å². The van der Waals surface area contributed by atoms with Crippen LogP contribution in [-0.2, 0) is 11.0 Å². The fourth-order valence-electron chi connectivity index (χ4n) is 3.88. The molecule has 11 heteroatoms. The average molecular weight is 508 g/mol. The third kappa shape index (κ3) is 8.35. The third-order valence-electron chi connectivity index (χ3n) is 6.12. The number of nitrogen functional groups attached to an aromatic ring is 1. The van der Waals surface area contributed by atoms with Crippen molar-refractivity contribution < 1.29 is 27.9 Å². The summed E-state index contributed by atoms with van der Waals surface area (Å²) in [6.07, 6.45) is 0.731. The van der Waals surface area contributed by atoms with Crippen molar-refractivity contribution in [2.75, 3.05) is 13.6 Å². The lowest BCUT2D eigenvalue weighted by Gasteiger charge is -2.26. The van der Waals surface area contributed by atoms with E-state index in [-0.39, 0.29) is 22.5 Å². The van der Waals surface area contributed by atoms with Gasteiger partial charge in [0.25, 0.3) is 5.91 Å². The summed E-state index contributed by atoms with van der Waals surface area (Å²) < 4.78 is 37.8. The number of carboxylic acid groups (broad SMARTS) is 1. The Kier molecular flexibility index (Phi) is 10.4. The van der Waals surface area contributed by atoms with Crippen LogP contribution in [0.5, 0.6) is 0 Å². The van der Waals surface area contributed by atoms with Gasteiger partial charge in [-0.2, -0.15) is 13.2 Å². The predicted octanol–water partition coefficient (Wildman–Crippen LogP) is 3.27. The number of rotatable bonds is 7. The predicted molar refractivity (Wildman–Crippen MR) is 131 cm³/mol. The second kappa shape index (κ2) is 13.0. The Morgan fingerprint density at radius 3 is 2.14 bits per heavy atom. The maximum absolute atomic E-state index is 12.6. The summed E-state index contributed by atoms with van der Waals surface area (Å²) in [4.78, 5) is 23.7. The second-order valence-electron chi connectivity index (χ2n) is 8.60. The van der Waals surface area contributed by atoms with Crippen LogP contribution in [-0.4, -0.2) is 42.5 Å². The van der Waals surface area contributed by atoms with Gasteiger partial charge in [-0.3, -0.25) is 10.2 Å². The number of hydrogen-bond donors (Lipinski definition) is 6. The molecule has 3 rings (SSSR count). The minimum atomic E-state index is -4.55. The Balaban J connectivity index is 0.000000380. The minimum absolute atomic E-state index is 0.0124. The van der Waals surface area contributed by atoms with Crippen molar-refractivity contribution in [2.24, 2.45) is 17.4 Å². The van der Waals surface area contributed by atoms with Crippen molar-refractivity contribution in [3.63, 3.8) is 0 Å². The van der Waals surface area contributed by atoms with E-state index >= 15 is 0 Å². The van der Waals surface area contributed by atoms with Crippen LogP contribution < -0.4 is 22.1 Å². The van der Waals surface area contributed by atoms with Gasteiger partial charge in [0, 0.05) is 17.2 Å². The van der Waals surface area contributed by atoms with Crippen molar-refractivity contribution in [3.8, 4) is 0 Å². The highest BCUT2D eigenvalue weighted by Gasteiger charge is 2.31. The summed E-state index contributed by atoms with van der Waals surface area (Å²) in [6.45, 7) is 0.885. The number of carbonyl (C=O) groups excluding carboxylic acids is 1. The first kappa shape index (κ1) is 28.8. The molecule has 0 heterocycles. The number of benzene rings is 2. The molecule has 2 aromatic rings. The fraction of sp³-hybridized carbons (Fsp3) is 0.400. The number of carboxylic acids is 1. The van der Waals surface area contributed by atoms with Crippen molar-refractivity contribution in [1.29, 1.82) is 5.41 Å². The lowest BCUT2D eigenvalue weighted by molar-refractivity contribution is -0.139. The van der Waals surface area contributed by atoms with E-state index in [9.17, 15) is 27.9 Å². The first-order valence-corrected chi connectivity index (χ1v) is 11.5. The minimum Gasteiger partial charge on any atom is -0.479 e. The number of carbonyl (C=O) groups is 2. The molecule has 0 spiro atoms. The topological polar surface area (TPSA) is 154 Å². The van der Waals surface area contributed by atoms with Gasteiger partial charge in [-0.15, -0.1) is 0 Å². The molecule has 2 aromatic carbocycles. The highest BCUT2D eigenvalue weighted by molar-refractivity contribution is 6.01. The van der Waals surface area contributed by atoms with E-state index in [4.69, 9.17) is 16.9 Å². The van der Waals surface area contributed by atoms with Crippen LogP contribution in [0.2, 0.25) is 0 Å². The number of aliphatic carboxylic acids is 1. The Bertz CT molecular complexity index is 1020. The number of nitrogens with one attached hydrogen (secondary N) is 3. The standard InChI is InChI=1S/C17H14F3N3O3.C8H18N2/c18-17(19,20)12-6-4-9(5-7-12)13(16(25)26)23-15(24)11-3-1-2-10(8-11)14(21)22;1-10-8-4-2-7(6-9)3-5-8/h1-8,13H,(H3,21,22)(H,23,24)(H,25,26);7-8,10H,2-6,9H2,1H3. The molecule has 1 saturated carbocycles. The van der Waals surface area contributed by atoms with Gasteiger partial charge in [0.15, 0.2) is 6.04 Å². The first-order valence-electron chi connectivity index (χ1n) is 11.5. The smallest absolute Gasteiger partial charge is 0.416 e. The largest absolute Gasteiger partial charge is 0.479 e. The van der Waals surface area contributed by atoms with Crippen LogP contribution in [0.1, 0.15) is 58.8 Å². The third-order valence-corrected chi connectivity index (χ3v) is 6.12. The lowest BCUT2D eigenvalue weighted by Crippen LogP contribution is -2.34. The molecule has 8 nitrogen and oxygen atoms in total. The molecule has 0 saturated heterocycles. The number of nitrogens with two attached hydrogens (primary N) is 2. The molecule has 1 amide bonds. The number of alkyl halides is 3. The molecule has 0 bridgehead atoms. The van der Waals surface area contributed by atoms with Crippen molar-refractivity contribution in [2.45, 2.75) is 43.9 Å². The van der Waals surface area contributed by atoms with Crippen molar-refractivity contribution in [1.82, 2.24) is 10.6 Å². The maximum atomic E-state index is 12.6. The normalized spacial score (nSPS) is 18.4. The summed E-state index contributed by atoms with van der Waals surface area (Å²) in [5.41, 5.74) is 10.3. The van der Waals surface area contributed by atoms with Crippen LogP contribution in [0.3, 0.4) is 0 Å². The zero-order valence-corrected chi connectivity index (χ0v) is 19.9. The Morgan fingerprint density at radius 1 is 1.08 bits per heavy atom. The van der Waals surface area contributed by atoms with Gasteiger partial charge in [-0.05, 0) is 75.0 Å². The highest BCUT2D eigenvalue weighted by atomic mass is 19.4. The van der Waals surface area contributed by atoms with E-state index in [2.05, 4.69) is 10.6 Å². The summed E-state index contributed by atoms with van der Waals surface area (Å²) in [5, 5.41) is 22.2. The van der Waals surface area contributed by atoms with Gasteiger partial charge in [0.05, 0.1) is 5.56 Å². The average Bonchev–Trinajstić information content (AvgIpc) is 2.87. The zero-order valence-electron chi connectivity index (χ0n) is 19.9. The molecule has 1 unspecified atom stereocenters. The van der Waals surface area contributed by atoms with Gasteiger partial charge in [-0.25, -0.2) is 4.79 Å². The molecule has 0 aromatic heterocycles. The molecule has 36 heavy (non-hydrogen) atoms. The maximum Gasteiger partial charge on any atom is 0.416 e. The molecule has 0 radical (unpaired) electrons. The van der Waals surface area contributed by atoms with Crippen LogP contribution in [0.15, 0.2) is 48.5 Å². The monoisotopic (exact) mass is 507 g/mol. The zero-order chi connectivity index (χ0) is 26.9. The first-order chi connectivity index (χ1) is 17.0. The Morgan fingerprint density at radius 2 is 1.67 bits per heavy atom. The van der Waals surface area contributed by atoms with Gasteiger partial charge < -0.3 is 27.2 Å². The van der Waals surface area contributed by atoms with E-state index in [0.717, 1.165) is 42.8 Å². The molecule has 1 aliphatic rings. The van der Waals surface area contributed by atoms with Gasteiger partial charge in [0.2, 0.25) is 0 Å². The van der Waals surface area contributed by atoms with Crippen molar-refractivity contribution >= 4 is 17.7 Å². The molecule has 0 aliphatic heterocycles. The van der Waals surface area contributed by atoms with E-state index in [1.54, 1.807) is 0 Å². The quantitative estimate of drug-likeness (QED) is 0.250.